The molecule has 4 atom stereocenters. The summed E-state index contributed by atoms with van der Waals surface area (Å²) >= 11 is 0. The largest absolute Gasteiger partial charge is 0.633 e. The third kappa shape index (κ3) is 7.33. The van der Waals surface area contributed by atoms with E-state index in [2.05, 4.69) is 4.90 Å². The van der Waals surface area contributed by atoms with Gasteiger partial charge in [0.15, 0.2) is 6.29 Å². The van der Waals surface area contributed by atoms with Crippen molar-refractivity contribution in [3.05, 3.63) is 75.7 Å². The molecule has 0 aromatic heterocycles. The molecule has 2 aromatic rings. The lowest BCUT2D eigenvalue weighted by atomic mass is 9.81. The number of nitrogens with zero attached hydrogens (tertiary/aromatic N) is 2. The Morgan fingerprint density at radius 2 is 1.57 bits per heavy atom. The highest BCUT2D eigenvalue weighted by Gasteiger charge is 2.42. The van der Waals surface area contributed by atoms with Gasteiger partial charge in [-0.15, -0.1) is 0 Å². The minimum atomic E-state index is -4.99. The number of alkyl halides is 6. The van der Waals surface area contributed by atoms with E-state index < -0.39 is 52.3 Å². The molecule has 0 bridgehead atoms. The molecule has 0 aliphatic carbocycles. The maximum atomic E-state index is 13.7. The van der Waals surface area contributed by atoms with Crippen molar-refractivity contribution in [2.75, 3.05) is 45.9 Å². The number of ether oxygens (including phenoxy) is 2. The van der Waals surface area contributed by atoms with Crippen molar-refractivity contribution < 1.29 is 44.9 Å². The lowest BCUT2D eigenvalue weighted by Gasteiger charge is -2.51. The molecule has 2 aromatic carbocycles. The summed E-state index contributed by atoms with van der Waals surface area (Å²) in [5.74, 6) is -1.33. The van der Waals surface area contributed by atoms with Gasteiger partial charge in [-0.3, -0.25) is 4.90 Å². The van der Waals surface area contributed by atoms with Gasteiger partial charge in [0.25, 0.3) is 0 Å². The maximum Gasteiger partial charge on any atom is 0.416 e. The number of halogens is 7. The Labute approximate surface area is 228 Å². The Bertz CT molecular complexity index is 1100. The molecular weight excluding hydrogens is 545 g/mol. The maximum absolute atomic E-state index is 13.7. The van der Waals surface area contributed by atoms with Gasteiger partial charge in [-0.1, -0.05) is 19.1 Å². The zero-order chi connectivity index (χ0) is 29.3. The predicted molar refractivity (Wildman–Crippen MR) is 133 cm³/mol. The Balaban J connectivity index is 1.63. The average molecular weight is 579 g/mol. The van der Waals surface area contributed by atoms with Gasteiger partial charge >= 0.3 is 12.4 Å². The van der Waals surface area contributed by atoms with E-state index in [1.165, 1.54) is 19.1 Å². The summed E-state index contributed by atoms with van der Waals surface area (Å²) in [6.45, 7) is 6.75. The molecule has 2 heterocycles. The van der Waals surface area contributed by atoms with Gasteiger partial charge in [-0.05, 0) is 61.3 Å². The first kappa shape index (κ1) is 30.7. The molecule has 0 N–H and O–H groups in total. The van der Waals surface area contributed by atoms with Crippen LogP contribution in [-0.4, -0.2) is 61.7 Å². The summed E-state index contributed by atoms with van der Waals surface area (Å²) < 4.78 is 106. The van der Waals surface area contributed by atoms with Gasteiger partial charge in [0, 0.05) is 24.9 Å². The summed E-state index contributed by atoms with van der Waals surface area (Å²) in [5, 5.41) is 13.7. The number of benzene rings is 2. The molecule has 222 valence electrons. The molecule has 2 aliphatic heterocycles. The van der Waals surface area contributed by atoms with Gasteiger partial charge in [0.05, 0.1) is 43.5 Å². The van der Waals surface area contributed by atoms with E-state index in [0.29, 0.717) is 50.3 Å². The van der Waals surface area contributed by atoms with Crippen LogP contribution in [0.1, 0.15) is 54.5 Å². The fourth-order valence-electron chi connectivity index (χ4n) is 5.57. The normalized spacial score (nSPS) is 25.1. The zero-order valence-electron chi connectivity index (χ0n) is 22.3. The first-order valence-electron chi connectivity index (χ1n) is 13.3. The highest BCUT2D eigenvalue weighted by Crippen LogP contribution is 2.42. The van der Waals surface area contributed by atoms with E-state index in [1.54, 1.807) is 12.1 Å². The molecule has 0 unspecified atom stereocenters. The van der Waals surface area contributed by atoms with Crippen LogP contribution in [0.3, 0.4) is 0 Å². The van der Waals surface area contributed by atoms with E-state index in [9.17, 15) is 35.9 Å². The highest BCUT2D eigenvalue weighted by molar-refractivity contribution is 5.35. The lowest BCUT2D eigenvalue weighted by Crippen LogP contribution is -2.58. The molecule has 0 spiro atoms. The van der Waals surface area contributed by atoms with Crippen molar-refractivity contribution in [1.82, 2.24) is 4.90 Å². The first-order valence-corrected chi connectivity index (χ1v) is 13.3. The molecule has 40 heavy (non-hydrogen) atoms. The van der Waals surface area contributed by atoms with Gasteiger partial charge in [0.2, 0.25) is 0 Å². The van der Waals surface area contributed by atoms with Crippen molar-refractivity contribution in [2.45, 2.75) is 50.9 Å². The second-order valence-corrected chi connectivity index (χ2v) is 10.6. The van der Waals surface area contributed by atoms with E-state index >= 15 is 0 Å². The number of hydroxylamine groups is 3. The van der Waals surface area contributed by atoms with Crippen LogP contribution in [0.25, 0.3) is 0 Å². The van der Waals surface area contributed by atoms with Crippen LogP contribution in [0.4, 0.5) is 30.7 Å². The van der Waals surface area contributed by atoms with Crippen molar-refractivity contribution in [2.24, 2.45) is 5.92 Å². The third-order valence-electron chi connectivity index (χ3n) is 7.91. The average Bonchev–Trinajstić information content (AvgIpc) is 2.88. The van der Waals surface area contributed by atoms with E-state index in [0.717, 1.165) is 6.54 Å². The molecular formula is C28H33F7N2O3. The first-order chi connectivity index (χ1) is 18.7. The Morgan fingerprint density at radius 1 is 1.00 bits per heavy atom. The van der Waals surface area contributed by atoms with Crippen LogP contribution in [0.5, 0.6) is 0 Å². The number of likely N-dealkylation sites (N-methyl/N-ethyl adjacent to an activating group) is 1. The fraction of sp³-hybridized carbons (Fsp3) is 0.571. The van der Waals surface area contributed by atoms with Gasteiger partial charge in [-0.25, -0.2) is 4.39 Å². The number of hydrogen-bond donors (Lipinski definition) is 0. The van der Waals surface area contributed by atoms with Crippen molar-refractivity contribution in [3.8, 4) is 0 Å². The molecule has 0 amide bonds. The molecule has 0 radical (unpaired) electrons. The van der Waals surface area contributed by atoms with Crippen LogP contribution in [-0.2, 0) is 21.8 Å². The van der Waals surface area contributed by atoms with Crippen LogP contribution in [0, 0.1) is 16.9 Å². The standard InChI is InChI=1S/C28H33F7N2O3/c1-3-36-9-11-37(38,12-10-36)17-20-8-13-39-26(25(20)19-4-6-24(29)7-5-19)40-18(2)21-14-22(27(30,31)32)16-23(15-21)28(33,34)35/h4-7,14-16,18,20,25-26H,3,8-13,17H2,1-2H3/t18-,20+,25+,26-/m1/s1. The summed E-state index contributed by atoms with van der Waals surface area (Å²) in [5.41, 5.74) is -2.57. The SMILES string of the molecule is CCN1CC[N+]([O-])(C[C@@H]2CCO[C@H](O[C@H](C)c3cc(C(F)(F)F)cc(C(F)(F)F)c3)[C@H]2c2ccc(F)cc2)CC1. The minimum absolute atomic E-state index is 0.0696. The second-order valence-electron chi connectivity index (χ2n) is 10.6. The number of quaternary nitrogens is 1. The molecule has 2 aliphatic rings. The van der Waals surface area contributed by atoms with E-state index in [4.69, 9.17) is 9.47 Å². The lowest BCUT2D eigenvalue weighted by molar-refractivity contribution is -0.889. The van der Waals surface area contributed by atoms with Gasteiger partial charge in [0.1, 0.15) is 5.82 Å². The van der Waals surface area contributed by atoms with E-state index in [-0.39, 0.29) is 30.7 Å². The molecule has 5 nitrogen and oxygen atoms in total. The second kappa shape index (κ2) is 11.9. The van der Waals surface area contributed by atoms with Crippen molar-refractivity contribution in [3.63, 3.8) is 0 Å². The van der Waals surface area contributed by atoms with Gasteiger partial charge in [-0.2, -0.15) is 26.3 Å². The molecule has 12 heteroatoms. The molecule has 4 rings (SSSR count). The Morgan fingerprint density at radius 3 is 2.10 bits per heavy atom. The van der Waals surface area contributed by atoms with Crippen LogP contribution in [0.2, 0.25) is 0 Å². The fourth-order valence-corrected chi connectivity index (χ4v) is 5.57. The summed E-state index contributed by atoms with van der Waals surface area (Å²) in [7, 11) is 0. The Kier molecular flexibility index (Phi) is 9.16. The van der Waals surface area contributed by atoms with Crippen molar-refractivity contribution >= 4 is 0 Å². The monoisotopic (exact) mass is 578 g/mol. The van der Waals surface area contributed by atoms with Crippen molar-refractivity contribution in [1.29, 1.82) is 0 Å². The van der Waals surface area contributed by atoms with Gasteiger partial charge < -0.3 is 19.3 Å². The number of rotatable bonds is 7. The number of hydrogen-bond acceptors (Lipinski definition) is 4. The van der Waals surface area contributed by atoms with Crippen LogP contribution >= 0.6 is 0 Å². The molecule has 2 fully saturated rings. The minimum Gasteiger partial charge on any atom is -0.633 e. The summed E-state index contributed by atoms with van der Waals surface area (Å²) in [6, 6.07) is 6.94. The Hall–Kier alpha value is -2.25. The number of piperazine rings is 1. The predicted octanol–water partition coefficient (Wildman–Crippen LogP) is 6.74. The summed E-state index contributed by atoms with van der Waals surface area (Å²) in [4.78, 5) is 2.19. The zero-order valence-corrected chi connectivity index (χ0v) is 22.3. The quantitative estimate of drug-likeness (QED) is 0.208. The summed E-state index contributed by atoms with van der Waals surface area (Å²) in [6.07, 6.45) is -11.8. The molecule has 0 saturated carbocycles. The topological polar surface area (TPSA) is 44.8 Å². The third-order valence-corrected chi connectivity index (χ3v) is 7.91. The van der Waals surface area contributed by atoms with Crippen LogP contribution in [0.15, 0.2) is 42.5 Å². The highest BCUT2D eigenvalue weighted by atomic mass is 19.4. The smallest absolute Gasteiger partial charge is 0.416 e. The van der Waals surface area contributed by atoms with Crippen LogP contribution < -0.4 is 0 Å². The van der Waals surface area contributed by atoms with E-state index in [1.807, 2.05) is 6.92 Å². The molecule has 2 saturated heterocycles.